The molecule has 1 aliphatic rings. The number of aromatic nitrogens is 1. The second-order valence-electron chi connectivity index (χ2n) is 5.75. The van der Waals surface area contributed by atoms with Crippen LogP contribution < -0.4 is 5.32 Å². The molecule has 0 atom stereocenters. The smallest absolute Gasteiger partial charge is 0.244 e. The van der Waals surface area contributed by atoms with Crippen molar-refractivity contribution in [3.8, 4) is 0 Å². The van der Waals surface area contributed by atoms with Crippen molar-refractivity contribution in [3.05, 3.63) is 48.2 Å². The molecule has 0 aliphatic carbocycles. The molecule has 1 aliphatic heterocycles. The average molecular weight is 345 g/mol. The number of benzene rings is 1. The molecule has 1 N–H and O–H groups in total. The summed E-state index contributed by atoms with van der Waals surface area (Å²) in [5, 5.41) is 3.08. The van der Waals surface area contributed by atoms with Crippen molar-refractivity contribution in [1.82, 2.24) is 9.29 Å². The minimum absolute atomic E-state index is 0.0151. The van der Waals surface area contributed by atoms with Gasteiger partial charge in [-0.3, -0.25) is 4.79 Å². The Morgan fingerprint density at radius 2 is 1.92 bits per heavy atom. The fraction of sp³-hybridized carbons (Fsp3) is 0.294. The van der Waals surface area contributed by atoms with Gasteiger partial charge < -0.3 is 5.32 Å². The zero-order valence-electron chi connectivity index (χ0n) is 13.4. The molecule has 0 unspecified atom stereocenters. The van der Waals surface area contributed by atoms with Gasteiger partial charge in [0.05, 0.1) is 0 Å². The average Bonchev–Trinajstić information content (AvgIpc) is 3.11. The first-order chi connectivity index (χ1) is 11.5. The van der Waals surface area contributed by atoms with E-state index in [0.29, 0.717) is 24.5 Å². The standard InChI is InChI=1S/C17H19N3O3S/c1-13(21)14-5-4-6-15(11-14)19-17-8-7-16(12-18-17)24(22,23)20-9-2-3-10-20/h4-8,11-12H,2-3,9-10H2,1H3,(H,18,19). The van der Waals surface area contributed by atoms with Crippen molar-refractivity contribution < 1.29 is 13.2 Å². The number of anilines is 2. The van der Waals surface area contributed by atoms with Crippen LogP contribution in [0, 0.1) is 0 Å². The van der Waals surface area contributed by atoms with E-state index in [-0.39, 0.29) is 10.7 Å². The summed E-state index contributed by atoms with van der Waals surface area (Å²) < 4.78 is 26.4. The lowest BCUT2D eigenvalue weighted by Crippen LogP contribution is -2.27. The van der Waals surface area contributed by atoms with E-state index in [1.807, 2.05) is 6.07 Å². The van der Waals surface area contributed by atoms with Crippen LogP contribution in [0.4, 0.5) is 11.5 Å². The van der Waals surface area contributed by atoms with Crippen molar-refractivity contribution in [3.63, 3.8) is 0 Å². The Bertz CT molecular complexity index is 842. The number of ketones is 1. The third kappa shape index (κ3) is 3.47. The molecule has 24 heavy (non-hydrogen) atoms. The van der Waals surface area contributed by atoms with Gasteiger partial charge in [-0.2, -0.15) is 4.31 Å². The van der Waals surface area contributed by atoms with E-state index in [2.05, 4.69) is 10.3 Å². The highest BCUT2D eigenvalue weighted by Gasteiger charge is 2.27. The molecule has 1 saturated heterocycles. The first-order valence-corrected chi connectivity index (χ1v) is 9.25. The van der Waals surface area contributed by atoms with E-state index < -0.39 is 10.0 Å². The molecule has 0 radical (unpaired) electrons. The van der Waals surface area contributed by atoms with Crippen molar-refractivity contribution in [2.24, 2.45) is 0 Å². The number of hydrogen-bond acceptors (Lipinski definition) is 5. The summed E-state index contributed by atoms with van der Waals surface area (Å²) in [5.41, 5.74) is 1.33. The predicted octanol–water partition coefficient (Wildman–Crippen LogP) is 2.81. The molecule has 0 amide bonds. The van der Waals surface area contributed by atoms with Crippen molar-refractivity contribution in [2.75, 3.05) is 18.4 Å². The molecule has 2 aromatic rings. The zero-order valence-corrected chi connectivity index (χ0v) is 14.2. The normalized spacial score (nSPS) is 15.4. The van der Waals surface area contributed by atoms with Gasteiger partial charge in [0.1, 0.15) is 10.7 Å². The highest BCUT2D eigenvalue weighted by atomic mass is 32.2. The largest absolute Gasteiger partial charge is 0.340 e. The summed E-state index contributed by atoms with van der Waals surface area (Å²) in [5.74, 6) is 0.509. The molecule has 6 nitrogen and oxygen atoms in total. The molecule has 0 spiro atoms. The van der Waals surface area contributed by atoms with Crippen LogP contribution in [0.25, 0.3) is 0 Å². The van der Waals surface area contributed by atoms with Crippen LogP contribution >= 0.6 is 0 Å². The van der Waals surface area contributed by atoms with Crippen LogP contribution in [-0.4, -0.2) is 36.6 Å². The highest BCUT2D eigenvalue weighted by molar-refractivity contribution is 7.89. The fourth-order valence-electron chi connectivity index (χ4n) is 2.65. The molecule has 1 fully saturated rings. The van der Waals surface area contributed by atoms with Gasteiger partial charge in [0.2, 0.25) is 10.0 Å². The quantitative estimate of drug-likeness (QED) is 0.843. The highest BCUT2D eigenvalue weighted by Crippen LogP contribution is 2.22. The Morgan fingerprint density at radius 3 is 2.54 bits per heavy atom. The maximum atomic E-state index is 12.5. The summed E-state index contributed by atoms with van der Waals surface area (Å²) in [6.07, 6.45) is 3.17. The van der Waals surface area contributed by atoms with Crippen LogP contribution in [0.15, 0.2) is 47.5 Å². The Kier molecular flexibility index (Phi) is 4.64. The van der Waals surface area contributed by atoms with Crippen LogP contribution in [0.5, 0.6) is 0 Å². The van der Waals surface area contributed by atoms with Gasteiger partial charge in [-0.25, -0.2) is 13.4 Å². The molecule has 3 rings (SSSR count). The number of sulfonamides is 1. The number of nitrogens with zero attached hydrogens (tertiary/aromatic N) is 2. The fourth-order valence-corrected chi connectivity index (χ4v) is 4.11. The second kappa shape index (κ2) is 6.70. The van der Waals surface area contributed by atoms with E-state index in [0.717, 1.165) is 18.5 Å². The summed E-state index contributed by atoms with van der Waals surface area (Å²) in [6.45, 7) is 2.65. The number of carbonyl (C=O) groups excluding carboxylic acids is 1. The summed E-state index contributed by atoms with van der Waals surface area (Å²) in [7, 11) is -3.45. The molecular formula is C17H19N3O3S. The molecule has 1 aromatic heterocycles. The third-order valence-electron chi connectivity index (χ3n) is 3.98. The van der Waals surface area contributed by atoms with E-state index in [9.17, 15) is 13.2 Å². The van der Waals surface area contributed by atoms with Crippen molar-refractivity contribution in [1.29, 1.82) is 0 Å². The zero-order chi connectivity index (χ0) is 17.2. The van der Waals surface area contributed by atoms with Crippen molar-refractivity contribution in [2.45, 2.75) is 24.7 Å². The van der Waals surface area contributed by atoms with E-state index in [1.54, 1.807) is 30.3 Å². The first kappa shape index (κ1) is 16.6. The molecule has 0 saturated carbocycles. The van der Waals surface area contributed by atoms with Crippen LogP contribution in [0.1, 0.15) is 30.1 Å². The molecule has 126 valence electrons. The van der Waals surface area contributed by atoms with E-state index in [4.69, 9.17) is 0 Å². The minimum atomic E-state index is -3.45. The van der Waals surface area contributed by atoms with Crippen molar-refractivity contribution >= 4 is 27.3 Å². The van der Waals surface area contributed by atoms with Crippen LogP contribution in [0.3, 0.4) is 0 Å². The van der Waals surface area contributed by atoms with Gasteiger partial charge in [-0.05, 0) is 44.0 Å². The predicted molar refractivity (Wildman–Crippen MR) is 92.0 cm³/mol. The lowest BCUT2D eigenvalue weighted by Gasteiger charge is -2.15. The number of pyridine rings is 1. The number of Topliss-reactive ketones (excluding diaryl/α,β-unsaturated/α-hetero) is 1. The number of hydrogen-bond donors (Lipinski definition) is 1. The maximum absolute atomic E-state index is 12.5. The Labute approximate surface area is 141 Å². The third-order valence-corrected chi connectivity index (χ3v) is 5.86. The lowest BCUT2D eigenvalue weighted by atomic mass is 10.1. The number of nitrogens with one attached hydrogen (secondary N) is 1. The van der Waals surface area contributed by atoms with Crippen LogP contribution in [-0.2, 0) is 10.0 Å². The molecular weight excluding hydrogens is 326 g/mol. The second-order valence-corrected chi connectivity index (χ2v) is 7.69. The maximum Gasteiger partial charge on any atom is 0.244 e. The SMILES string of the molecule is CC(=O)c1cccc(Nc2ccc(S(=O)(=O)N3CCCC3)cn2)c1. The summed E-state index contributed by atoms with van der Waals surface area (Å²) in [4.78, 5) is 15.8. The Morgan fingerprint density at radius 1 is 1.17 bits per heavy atom. The summed E-state index contributed by atoms with van der Waals surface area (Å²) >= 11 is 0. The van der Waals surface area contributed by atoms with Crippen LogP contribution in [0.2, 0.25) is 0 Å². The van der Waals surface area contributed by atoms with E-state index >= 15 is 0 Å². The summed E-state index contributed by atoms with van der Waals surface area (Å²) in [6, 6.07) is 10.3. The van der Waals surface area contributed by atoms with Gasteiger partial charge in [-0.15, -0.1) is 0 Å². The van der Waals surface area contributed by atoms with Gasteiger partial charge in [0.25, 0.3) is 0 Å². The lowest BCUT2D eigenvalue weighted by molar-refractivity contribution is 0.101. The molecule has 7 heteroatoms. The first-order valence-electron chi connectivity index (χ1n) is 7.81. The molecule has 2 heterocycles. The molecule has 0 bridgehead atoms. The number of carbonyl (C=O) groups is 1. The Hall–Kier alpha value is -2.25. The van der Waals surface area contributed by atoms with Gasteiger partial charge in [-0.1, -0.05) is 12.1 Å². The monoisotopic (exact) mass is 345 g/mol. The van der Waals surface area contributed by atoms with E-state index in [1.165, 1.54) is 17.4 Å². The van der Waals surface area contributed by atoms with Gasteiger partial charge in [0.15, 0.2) is 5.78 Å². The molecule has 1 aromatic carbocycles. The minimum Gasteiger partial charge on any atom is -0.340 e. The topological polar surface area (TPSA) is 79.4 Å². The number of rotatable bonds is 5. The Balaban J connectivity index is 1.77. The van der Waals surface area contributed by atoms with Gasteiger partial charge in [0, 0.05) is 30.5 Å². The van der Waals surface area contributed by atoms with Gasteiger partial charge >= 0.3 is 0 Å².